The van der Waals surface area contributed by atoms with Crippen LogP contribution in [0.3, 0.4) is 0 Å². The molecule has 1 rings (SSSR count). The molecule has 2 atom stereocenters. The molecule has 0 fully saturated rings. The summed E-state index contributed by atoms with van der Waals surface area (Å²) in [5.41, 5.74) is 0. The van der Waals surface area contributed by atoms with Gasteiger partial charge in [-0.2, -0.15) is 0 Å². The second-order valence-corrected chi connectivity index (χ2v) is 3.81. The maximum Gasteiger partial charge on any atom is -0.0199 e. The Labute approximate surface area is 76.4 Å². The first-order valence-corrected chi connectivity index (χ1v) is 5.16. The molecule has 0 aromatic rings. The van der Waals surface area contributed by atoms with Crippen LogP contribution in [0, 0.1) is 11.8 Å². The molecule has 0 aromatic heterocycles. The van der Waals surface area contributed by atoms with Crippen LogP contribution < -0.4 is 0 Å². The lowest BCUT2D eigenvalue weighted by Crippen LogP contribution is -2.04. The maximum atomic E-state index is 2.40. The molecule has 0 amide bonds. The van der Waals surface area contributed by atoms with Gasteiger partial charge in [0, 0.05) is 0 Å². The van der Waals surface area contributed by atoms with Gasteiger partial charge in [0.15, 0.2) is 0 Å². The number of allylic oxidation sites excluding steroid dienone is 4. The van der Waals surface area contributed by atoms with E-state index in [-0.39, 0.29) is 0 Å². The van der Waals surface area contributed by atoms with Crippen LogP contribution in [0.1, 0.15) is 39.5 Å². The zero-order valence-electron chi connectivity index (χ0n) is 8.29. The molecule has 1 aliphatic carbocycles. The molecule has 0 spiro atoms. The first-order valence-electron chi connectivity index (χ1n) is 5.16. The zero-order valence-corrected chi connectivity index (χ0v) is 8.29. The van der Waals surface area contributed by atoms with Crippen LogP contribution in [0.25, 0.3) is 0 Å². The van der Waals surface area contributed by atoms with Gasteiger partial charge in [0.25, 0.3) is 0 Å². The summed E-state index contributed by atoms with van der Waals surface area (Å²) in [5.74, 6) is 1.64. The lowest BCUT2D eigenvalue weighted by Gasteiger charge is -2.18. The molecule has 0 radical (unpaired) electrons. The molecule has 0 saturated carbocycles. The van der Waals surface area contributed by atoms with E-state index < -0.39 is 0 Å². The number of rotatable bonds is 3. The largest absolute Gasteiger partial charge is 0.0888 e. The van der Waals surface area contributed by atoms with Crippen molar-refractivity contribution in [3.8, 4) is 0 Å². The third-order valence-corrected chi connectivity index (χ3v) is 2.55. The fourth-order valence-electron chi connectivity index (χ4n) is 1.65. The van der Waals surface area contributed by atoms with Crippen LogP contribution >= 0.6 is 0 Å². The Hall–Kier alpha value is -0.520. The third kappa shape index (κ3) is 3.25. The van der Waals surface area contributed by atoms with E-state index in [9.17, 15) is 0 Å². The minimum absolute atomic E-state index is 0.816. The summed E-state index contributed by atoms with van der Waals surface area (Å²) in [5, 5.41) is 0. The van der Waals surface area contributed by atoms with Crippen LogP contribution in [0.4, 0.5) is 0 Å². The molecule has 0 N–H and O–H groups in total. The van der Waals surface area contributed by atoms with Crippen molar-refractivity contribution in [2.75, 3.05) is 0 Å². The predicted octanol–water partition coefficient (Wildman–Crippen LogP) is 3.95. The molecule has 68 valence electrons. The standard InChI is InChI=1S/C12H20/c1-3-4-5-6-12-9-7-11(2)8-10-12/h4-5,7,9,11-12H,3,6,8,10H2,1-2H3/b5-4+. The van der Waals surface area contributed by atoms with E-state index in [2.05, 4.69) is 38.2 Å². The molecule has 0 aliphatic heterocycles. The van der Waals surface area contributed by atoms with Gasteiger partial charge in [-0.05, 0) is 37.5 Å². The summed E-state index contributed by atoms with van der Waals surface area (Å²) in [6.45, 7) is 4.49. The van der Waals surface area contributed by atoms with E-state index in [1.54, 1.807) is 0 Å². The van der Waals surface area contributed by atoms with E-state index in [0.29, 0.717) is 0 Å². The lowest BCUT2D eigenvalue weighted by molar-refractivity contribution is 0.479. The Balaban J connectivity index is 2.25. The Kier molecular flexibility index (Phi) is 4.13. The van der Waals surface area contributed by atoms with Gasteiger partial charge >= 0.3 is 0 Å². The van der Waals surface area contributed by atoms with Crippen LogP contribution in [0.15, 0.2) is 24.3 Å². The van der Waals surface area contributed by atoms with Crippen molar-refractivity contribution in [1.29, 1.82) is 0 Å². The van der Waals surface area contributed by atoms with Gasteiger partial charge in [0.2, 0.25) is 0 Å². The average molecular weight is 164 g/mol. The molecule has 0 bridgehead atoms. The molecule has 0 heteroatoms. The molecule has 0 aromatic carbocycles. The van der Waals surface area contributed by atoms with E-state index >= 15 is 0 Å². The fraction of sp³-hybridized carbons (Fsp3) is 0.667. The smallest absolute Gasteiger partial charge is 0.0199 e. The summed E-state index contributed by atoms with van der Waals surface area (Å²) in [6.07, 6.45) is 14.5. The van der Waals surface area contributed by atoms with E-state index in [4.69, 9.17) is 0 Å². The quantitative estimate of drug-likeness (QED) is 0.554. The predicted molar refractivity (Wildman–Crippen MR) is 55.1 cm³/mol. The Morgan fingerprint density at radius 1 is 1.25 bits per heavy atom. The van der Waals surface area contributed by atoms with Crippen molar-refractivity contribution in [1.82, 2.24) is 0 Å². The summed E-state index contributed by atoms with van der Waals surface area (Å²) >= 11 is 0. The third-order valence-electron chi connectivity index (χ3n) is 2.55. The van der Waals surface area contributed by atoms with Crippen molar-refractivity contribution in [2.24, 2.45) is 11.8 Å². The van der Waals surface area contributed by atoms with Gasteiger partial charge in [-0.1, -0.05) is 38.2 Å². The average Bonchev–Trinajstić information content (AvgIpc) is 2.09. The molecule has 0 nitrogen and oxygen atoms in total. The van der Waals surface area contributed by atoms with E-state index in [1.165, 1.54) is 25.7 Å². The molecule has 0 saturated heterocycles. The van der Waals surface area contributed by atoms with Crippen LogP contribution in [0.2, 0.25) is 0 Å². The highest BCUT2D eigenvalue weighted by molar-refractivity contribution is 4.99. The number of hydrogen-bond donors (Lipinski definition) is 0. The number of hydrogen-bond acceptors (Lipinski definition) is 0. The van der Waals surface area contributed by atoms with Gasteiger partial charge in [0.1, 0.15) is 0 Å². The maximum absolute atomic E-state index is 2.40. The van der Waals surface area contributed by atoms with Gasteiger partial charge in [-0.3, -0.25) is 0 Å². The first kappa shape index (κ1) is 9.57. The lowest BCUT2D eigenvalue weighted by atomic mass is 9.88. The van der Waals surface area contributed by atoms with Crippen molar-refractivity contribution in [3.63, 3.8) is 0 Å². The fourth-order valence-corrected chi connectivity index (χ4v) is 1.65. The molecular formula is C12H20. The topological polar surface area (TPSA) is 0 Å². The van der Waals surface area contributed by atoms with Gasteiger partial charge in [-0.15, -0.1) is 0 Å². The zero-order chi connectivity index (χ0) is 8.81. The highest BCUT2D eigenvalue weighted by Gasteiger charge is 2.10. The summed E-state index contributed by atoms with van der Waals surface area (Å²) in [4.78, 5) is 0. The minimum Gasteiger partial charge on any atom is -0.0888 e. The Morgan fingerprint density at radius 3 is 2.67 bits per heavy atom. The van der Waals surface area contributed by atoms with Crippen LogP contribution in [-0.4, -0.2) is 0 Å². The highest BCUT2D eigenvalue weighted by Crippen LogP contribution is 2.24. The summed E-state index contributed by atoms with van der Waals surface area (Å²) in [6, 6.07) is 0. The van der Waals surface area contributed by atoms with Gasteiger partial charge in [0.05, 0.1) is 0 Å². The van der Waals surface area contributed by atoms with Crippen molar-refractivity contribution < 1.29 is 0 Å². The molecule has 12 heavy (non-hydrogen) atoms. The normalized spacial score (nSPS) is 29.8. The van der Waals surface area contributed by atoms with Gasteiger partial charge < -0.3 is 0 Å². The van der Waals surface area contributed by atoms with E-state index in [0.717, 1.165) is 11.8 Å². The second-order valence-electron chi connectivity index (χ2n) is 3.81. The van der Waals surface area contributed by atoms with Crippen LogP contribution in [0.5, 0.6) is 0 Å². The monoisotopic (exact) mass is 164 g/mol. The Bertz CT molecular complexity index is 165. The summed E-state index contributed by atoms with van der Waals surface area (Å²) in [7, 11) is 0. The SMILES string of the molecule is CC/C=C/CC1C=CC(C)CC1. The molecule has 2 unspecified atom stereocenters. The molecule has 1 aliphatic rings. The highest BCUT2D eigenvalue weighted by atomic mass is 14.2. The minimum atomic E-state index is 0.816. The van der Waals surface area contributed by atoms with Gasteiger partial charge in [-0.25, -0.2) is 0 Å². The summed E-state index contributed by atoms with van der Waals surface area (Å²) < 4.78 is 0. The van der Waals surface area contributed by atoms with Crippen molar-refractivity contribution in [3.05, 3.63) is 24.3 Å². The molecular weight excluding hydrogens is 144 g/mol. The van der Waals surface area contributed by atoms with E-state index in [1.807, 2.05) is 0 Å². The van der Waals surface area contributed by atoms with Crippen molar-refractivity contribution in [2.45, 2.75) is 39.5 Å². The Morgan fingerprint density at radius 2 is 2.08 bits per heavy atom. The second kappa shape index (κ2) is 5.18. The molecule has 0 heterocycles. The van der Waals surface area contributed by atoms with Crippen molar-refractivity contribution >= 4 is 0 Å². The first-order chi connectivity index (χ1) is 5.83. The van der Waals surface area contributed by atoms with Crippen LogP contribution in [-0.2, 0) is 0 Å².